The van der Waals surface area contributed by atoms with Gasteiger partial charge in [0, 0.05) is 28.9 Å². The zero-order chi connectivity index (χ0) is 21.3. The van der Waals surface area contributed by atoms with Crippen LogP contribution in [0.5, 0.6) is 0 Å². The van der Waals surface area contributed by atoms with Crippen LogP contribution in [-0.4, -0.2) is 15.0 Å². The average Bonchev–Trinajstić information content (AvgIpc) is 2.79. The number of pyridine rings is 3. The van der Waals surface area contributed by atoms with Gasteiger partial charge in [0.05, 0.1) is 11.4 Å². The predicted molar refractivity (Wildman–Crippen MR) is 114 cm³/mol. The third kappa shape index (κ3) is 3.47. The minimum absolute atomic E-state index is 0.0406. The van der Waals surface area contributed by atoms with Crippen molar-refractivity contribution in [3.63, 3.8) is 0 Å². The lowest BCUT2D eigenvalue weighted by Crippen LogP contribution is -2.20. The van der Waals surface area contributed by atoms with Crippen LogP contribution in [0, 0.1) is 18.6 Å². The summed E-state index contributed by atoms with van der Waals surface area (Å²) in [7, 11) is 0. The predicted octanol–water partition coefficient (Wildman–Crippen LogP) is 6.12. The van der Waals surface area contributed by atoms with Crippen molar-refractivity contribution in [2.45, 2.75) is 26.2 Å². The van der Waals surface area contributed by atoms with Crippen molar-refractivity contribution in [3.8, 4) is 22.6 Å². The second kappa shape index (κ2) is 7.75. The first-order chi connectivity index (χ1) is 14.4. The molecule has 0 fully saturated rings. The zero-order valence-corrected chi connectivity index (χ0v) is 17.0. The molecule has 3 aromatic heterocycles. The van der Waals surface area contributed by atoms with E-state index in [9.17, 15) is 4.39 Å². The maximum atomic E-state index is 15.1. The molecule has 4 rings (SSSR count). The Kier molecular flexibility index (Phi) is 5.12. The number of nitrogens with zero attached hydrogens (tertiary/aromatic N) is 3. The first kappa shape index (κ1) is 19.8. The highest BCUT2D eigenvalue weighted by Crippen LogP contribution is 2.35. The summed E-state index contributed by atoms with van der Waals surface area (Å²) >= 11 is 0. The van der Waals surface area contributed by atoms with Crippen LogP contribution in [-0.2, 0) is 5.41 Å². The quantitative estimate of drug-likeness (QED) is 0.414. The monoisotopic (exact) mass is 401 g/mol. The summed E-state index contributed by atoms with van der Waals surface area (Å²) in [6.45, 7) is 5.55. The smallest absolute Gasteiger partial charge is 0.156 e. The van der Waals surface area contributed by atoms with E-state index in [-0.39, 0.29) is 17.0 Å². The van der Waals surface area contributed by atoms with E-state index in [0.29, 0.717) is 11.3 Å². The van der Waals surface area contributed by atoms with Crippen LogP contribution >= 0.6 is 0 Å². The highest BCUT2D eigenvalue weighted by atomic mass is 19.1. The SMILES string of the molecule is Cc1c(F)c(-c2cccc(C(C)(C)c3ccccn3)c2)nc(-c2ccccn2)c1F. The highest BCUT2D eigenvalue weighted by molar-refractivity contribution is 5.68. The molecule has 4 aromatic rings. The third-order valence-electron chi connectivity index (χ3n) is 5.37. The molecule has 0 amide bonds. The Labute approximate surface area is 174 Å². The van der Waals surface area contributed by atoms with E-state index >= 15 is 4.39 Å². The molecule has 0 radical (unpaired) electrons. The molecular formula is C25H21F2N3. The summed E-state index contributed by atoms with van der Waals surface area (Å²) < 4.78 is 29.8. The van der Waals surface area contributed by atoms with Crippen LogP contribution in [0.3, 0.4) is 0 Å². The molecule has 5 heteroatoms. The number of hydrogen-bond donors (Lipinski definition) is 0. The van der Waals surface area contributed by atoms with Gasteiger partial charge < -0.3 is 0 Å². The highest BCUT2D eigenvalue weighted by Gasteiger charge is 2.26. The summed E-state index contributed by atoms with van der Waals surface area (Å²) in [6, 6.07) is 18.4. The first-order valence-electron chi connectivity index (χ1n) is 9.69. The molecule has 3 heterocycles. The van der Waals surface area contributed by atoms with E-state index in [2.05, 4.69) is 28.8 Å². The maximum Gasteiger partial charge on any atom is 0.156 e. The Balaban J connectivity index is 1.86. The van der Waals surface area contributed by atoms with Crippen molar-refractivity contribution in [2.75, 3.05) is 0 Å². The van der Waals surface area contributed by atoms with Crippen molar-refractivity contribution in [1.82, 2.24) is 15.0 Å². The van der Waals surface area contributed by atoms with Gasteiger partial charge in [-0.25, -0.2) is 13.8 Å². The van der Waals surface area contributed by atoms with Gasteiger partial charge in [0.15, 0.2) is 11.6 Å². The number of rotatable bonds is 4. The van der Waals surface area contributed by atoms with Crippen LogP contribution in [0.1, 0.15) is 30.7 Å². The molecule has 0 aliphatic heterocycles. The van der Waals surface area contributed by atoms with E-state index in [1.165, 1.54) is 6.92 Å². The maximum absolute atomic E-state index is 15.1. The van der Waals surface area contributed by atoms with Crippen molar-refractivity contribution in [2.24, 2.45) is 0 Å². The summed E-state index contributed by atoms with van der Waals surface area (Å²) in [5, 5.41) is 0. The van der Waals surface area contributed by atoms with Gasteiger partial charge in [-0.3, -0.25) is 9.97 Å². The molecule has 1 aromatic carbocycles. The Morgan fingerprint density at radius 2 is 1.47 bits per heavy atom. The lowest BCUT2D eigenvalue weighted by atomic mass is 9.80. The van der Waals surface area contributed by atoms with Crippen LogP contribution in [0.2, 0.25) is 0 Å². The van der Waals surface area contributed by atoms with Crippen LogP contribution < -0.4 is 0 Å². The second-order valence-corrected chi connectivity index (χ2v) is 7.70. The molecule has 0 aliphatic rings. The van der Waals surface area contributed by atoms with Crippen LogP contribution in [0.25, 0.3) is 22.6 Å². The zero-order valence-electron chi connectivity index (χ0n) is 17.0. The lowest BCUT2D eigenvalue weighted by molar-refractivity contribution is 0.563. The van der Waals surface area contributed by atoms with E-state index in [1.54, 1.807) is 36.7 Å². The molecule has 0 atom stereocenters. The molecule has 0 bridgehead atoms. The number of hydrogen-bond acceptors (Lipinski definition) is 3. The number of benzene rings is 1. The number of aromatic nitrogens is 3. The van der Waals surface area contributed by atoms with E-state index < -0.39 is 17.0 Å². The largest absolute Gasteiger partial charge is 0.260 e. The standard InChI is InChI=1S/C25H21F2N3/c1-16-21(26)23(30-24(22(16)27)19-11-4-6-13-28-19)17-9-8-10-18(15-17)25(2,3)20-12-5-7-14-29-20/h4-15H,1-3H3. The topological polar surface area (TPSA) is 38.7 Å². The van der Waals surface area contributed by atoms with Gasteiger partial charge >= 0.3 is 0 Å². The summed E-state index contributed by atoms with van der Waals surface area (Å²) in [5.74, 6) is -1.36. The fraction of sp³-hybridized carbons (Fsp3) is 0.160. The fourth-order valence-corrected chi connectivity index (χ4v) is 3.46. The minimum atomic E-state index is -0.695. The molecule has 0 saturated carbocycles. The molecule has 0 unspecified atom stereocenters. The van der Waals surface area contributed by atoms with Gasteiger partial charge in [0.1, 0.15) is 11.4 Å². The Bertz CT molecular complexity index is 1190. The minimum Gasteiger partial charge on any atom is -0.260 e. The van der Waals surface area contributed by atoms with Crippen molar-refractivity contribution >= 4 is 0 Å². The summed E-state index contributed by atoms with van der Waals surface area (Å²) in [5.41, 5.74) is 2.48. The normalized spacial score (nSPS) is 11.5. The van der Waals surface area contributed by atoms with E-state index in [0.717, 1.165) is 11.3 Å². The summed E-state index contributed by atoms with van der Waals surface area (Å²) in [6.07, 6.45) is 3.31. The Hall–Kier alpha value is -3.47. The molecule has 0 spiro atoms. The summed E-state index contributed by atoms with van der Waals surface area (Å²) in [4.78, 5) is 13.0. The van der Waals surface area contributed by atoms with E-state index in [4.69, 9.17) is 0 Å². The number of halogens is 2. The van der Waals surface area contributed by atoms with Gasteiger partial charge in [0.2, 0.25) is 0 Å². The average molecular weight is 401 g/mol. The lowest BCUT2D eigenvalue weighted by Gasteiger charge is -2.25. The van der Waals surface area contributed by atoms with Gasteiger partial charge in [0.25, 0.3) is 0 Å². The molecule has 0 aliphatic carbocycles. The Morgan fingerprint density at radius 3 is 2.13 bits per heavy atom. The molecular weight excluding hydrogens is 380 g/mol. The van der Waals surface area contributed by atoms with Gasteiger partial charge in [-0.2, -0.15) is 0 Å². The van der Waals surface area contributed by atoms with Gasteiger partial charge in [-0.05, 0) is 42.8 Å². The van der Waals surface area contributed by atoms with E-state index in [1.807, 2.05) is 36.4 Å². The Morgan fingerprint density at radius 1 is 0.767 bits per heavy atom. The molecule has 30 heavy (non-hydrogen) atoms. The van der Waals surface area contributed by atoms with Crippen molar-refractivity contribution in [3.05, 3.63) is 102 Å². The van der Waals surface area contributed by atoms with Gasteiger partial charge in [-0.15, -0.1) is 0 Å². The third-order valence-corrected chi connectivity index (χ3v) is 5.37. The van der Waals surface area contributed by atoms with Gasteiger partial charge in [-0.1, -0.05) is 44.2 Å². The fourth-order valence-electron chi connectivity index (χ4n) is 3.46. The molecule has 150 valence electrons. The van der Waals surface area contributed by atoms with Crippen molar-refractivity contribution < 1.29 is 8.78 Å². The van der Waals surface area contributed by atoms with Crippen LogP contribution in [0.15, 0.2) is 73.1 Å². The molecule has 0 N–H and O–H groups in total. The molecule has 0 saturated heterocycles. The van der Waals surface area contributed by atoms with Crippen molar-refractivity contribution in [1.29, 1.82) is 0 Å². The first-order valence-corrected chi connectivity index (χ1v) is 9.69. The van der Waals surface area contributed by atoms with Crippen LogP contribution in [0.4, 0.5) is 8.78 Å². The second-order valence-electron chi connectivity index (χ2n) is 7.70. The molecule has 3 nitrogen and oxygen atoms in total.